The maximum atomic E-state index is 9.26. The summed E-state index contributed by atoms with van der Waals surface area (Å²) < 4.78 is 5.10. The molecular weight excluding hydrogens is 282 g/mol. The van der Waals surface area contributed by atoms with Crippen LogP contribution >= 0.6 is 46.4 Å². The molecule has 0 unspecified atom stereocenters. The molecule has 1 N–H and O–H groups in total. The number of hydrogen-bond donors (Lipinski definition) is 1. The Kier molecular flexibility index (Phi) is 4.87. The smallest absolute Gasteiger partial charge is 0.153 e. The molecule has 0 heterocycles. The molecule has 0 saturated heterocycles. The lowest BCUT2D eigenvalue weighted by molar-refractivity contribution is 0.464. The van der Waals surface area contributed by atoms with E-state index in [-0.39, 0.29) is 15.8 Å². The molecule has 2 nitrogen and oxygen atoms in total. The maximum absolute atomic E-state index is 9.26. The number of allylic oxidation sites excluding steroid dienone is 1. The zero-order valence-electron chi connectivity index (χ0n) is 7.25. The van der Waals surface area contributed by atoms with Gasteiger partial charge in [0.15, 0.2) is 5.75 Å². The van der Waals surface area contributed by atoms with Gasteiger partial charge >= 0.3 is 0 Å². The molecule has 15 heavy (non-hydrogen) atoms. The summed E-state index contributed by atoms with van der Waals surface area (Å²) in [6.45, 7) is 0. The van der Waals surface area contributed by atoms with Crippen LogP contribution in [0.25, 0.3) is 0 Å². The summed E-state index contributed by atoms with van der Waals surface area (Å²) in [5.74, 6) is 0.204. The minimum atomic E-state index is -0.645. The fourth-order valence-electron chi connectivity index (χ4n) is 0.788. The number of aromatic hydroxyl groups is 1. The first kappa shape index (κ1) is 12.8. The molecule has 0 radical (unpaired) electrons. The van der Waals surface area contributed by atoms with Crippen LogP contribution in [-0.2, 0) is 0 Å². The van der Waals surface area contributed by atoms with Crippen LogP contribution < -0.4 is 4.74 Å². The summed E-state index contributed by atoms with van der Waals surface area (Å²) in [4.78, 5) is -0.645. The van der Waals surface area contributed by atoms with Crippen molar-refractivity contribution in [3.8, 4) is 11.5 Å². The van der Waals surface area contributed by atoms with Crippen LogP contribution in [0, 0.1) is 0 Å². The van der Waals surface area contributed by atoms with Gasteiger partial charge < -0.3 is 9.84 Å². The fourth-order valence-corrected chi connectivity index (χ4v) is 1.37. The molecule has 0 fully saturated rings. The quantitative estimate of drug-likeness (QED) is 0.660. The molecule has 1 aromatic carbocycles. The van der Waals surface area contributed by atoms with Crippen molar-refractivity contribution in [2.75, 3.05) is 0 Å². The molecule has 0 aliphatic carbocycles. The molecule has 0 aliphatic heterocycles. The van der Waals surface area contributed by atoms with Crippen molar-refractivity contribution in [1.29, 1.82) is 0 Å². The van der Waals surface area contributed by atoms with E-state index in [1.165, 1.54) is 24.5 Å². The Hall–Kier alpha value is -0.280. The standard InChI is InChI=1S/C9H6Cl4O2/c10-6-3-5(4-7(11)9(6)14)15-2-1-8(12)13/h1-4,8,14H/b2-1+. The van der Waals surface area contributed by atoms with Crippen LogP contribution in [0.15, 0.2) is 24.5 Å². The molecule has 0 amide bonds. The number of alkyl halides is 2. The van der Waals surface area contributed by atoms with Gasteiger partial charge in [0, 0.05) is 12.1 Å². The minimum Gasteiger partial charge on any atom is -0.505 e. The van der Waals surface area contributed by atoms with E-state index < -0.39 is 4.84 Å². The SMILES string of the molecule is Oc1c(Cl)cc(O/C=C/C(Cl)Cl)cc1Cl. The monoisotopic (exact) mass is 286 g/mol. The van der Waals surface area contributed by atoms with E-state index in [2.05, 4.69) is 0 Å². The summed E-state index contributed by atoms with van der Waals surface area (Å²) >= 11 is 22.2. The Labute approximate surface area is 107 Å². The number of hydrogen-bond acceptors (Lipinski definition) is 2. The number of ether oxygens (including phenoxy) is 1. The van der Waals surface area contributed by atoms with Crippen molar-refractivity contribution in [2.24, 2.45) is 0 Å². The highest BCUT2D eigenvalue weighted by Crippen LogP contribution is 2.35. The Morgan fingerprint density at radius 3 is 2.20 bits per heavy atom. The minimum absolute atomic E-state index is 0.110. The topological polar surface area (TPSA) is 29.5 Å². The van der Waals surface area contributed by atoms with Gasteiger partial charge in [0.05, 0.1) is 16.3 Å². The van der Waals surface area contributed by atoms with E-state index in [9.17, 15) is 5.11 Å². The first-order valence-electron chi connectivity index (χ1n) is 3.80. The van der Waals surface area contributed by atoms with Gasteiger partial charge in [-0.15, -0.1) is 23.2 Å². The van der Waals surface area contributed by atoms with Crippen molar-refractivity contribution in [2.45, 2.75) is 4.84 Å². The van der Waals surface area contributed by atoms with Gasteiger partial charge in [-0.1, -0.05) is 23.2 Å². The zero-order chi connectivity index (χ0) is 11.4. The van der Waals surface area contributed by atoms with E-state index in [1.807, 2.05) is 0 Å². The third-order valence-corrected chi connectivity index (χ3v) is 2.29. The van der Waals surface area contributed by atoms with Gasteiger partial charge in [0.25, 0.3) is 0 Å². The van der Waals surface area contributed by atoms with Crippen molar-refractivity contribution < 1.29 is 9.84 Å². The number of rotatable bonds is 3. The third kappa shape index (κ3) is 3.99. The molecule has 0 spiro atoms. The predicted octanol–water partition coefficient (Wildman–Crippen LogP) is 4.40. The van der Waals surface area contributed by atoms with E-state index in [0.717, 1.165) is 0 Å². The molecule has 6 heteroatoms. The second-order valence-corrected chi connectivity index (χ2v) is 4.49. The summed E-state index contributed by atoms with van der Waals surface area (Å²) in [5.41, 5.74) is 0. The van der Waals surface area contributed by atoms with Crippen molar-refractivity contribution in [3.05, 3.63) is 34.5 Å². The summed E-state index contributed by atoms with van der Waals surface area (Å²) in [5, 5.41) is 9.49. The molecule has 0 saturated carbocycles. The largest absolute Gasteiger partial charge is 0.505 e. The van der Waals surface area contributed by atoms with Crippen LogP contribution in [0.5, 0.6) is 11.5 Å². The molecule has 0 aromatic heterocycles. The molecule has 0 atom stereocenters. The zero-order valence-corrected chi connectivity index (χ0v) is 10.3. The van der Waals surface area contributed by atoms with Crippen LogP contribution in [0.2, 0.25) is 10.0 Å². The van der Waals surface area contributed by atoms with Gasteiger partial charge in [-0.05, 0) is 6.08 Å². The number of phenols is 1. The van der Waals surface area contributed by atoms with Crippen molar-refractivity contribution in [3.63, 3.8) is 0 Å². The lowest BCUT2D eigenvalue weighted by atomic mass is 10.3. The van der Waals surface area contributed by atoms with Gasteiger partial charge in [0.2, 0.25) is 0 Å². The maximum Gasteiger partial charge on any atom is 0.153 e. The summed E-state index contributed by atoms with van der Waals surface area (Å²) in [6.07, 6.45) is 2.74. The Bertz CT molecular complexity index is 353. The fraction of sp³-hybridized carbons (Fsp3) is 0.111. The second-order valence-electron chi connectivity index (χ2n) is 2.52. The van der Waals surface area contributed by atoms with E-state index in [0.29, 0.717) is 5.75 Å². The van der Waals surface area contributed by atoms with Crippen LogP contribution in [0.4, 0.5) is 0 Å². The van der Waals surface area contributed by atoms with Crippen LogP contribution in [-0.4, -0.2) is 9.94 Å². The van der Waals surface area contributed by atoms with E-state index >= 15 is 0 Å². The molecule has 0 bridgehead atoms. The predicted molar refractivity (Wildman–Crippen MR) is 63.4 cm³/mol. The van der Waals surface area contributed by atoms with Gasteiger partial charge in [-0.3, -0.25) is 0 Å². The Morgan fingerprint density at radius 1 is 1.20 bits per heavy atom. The number of benzene rings is 1. The Balaban J connectivity index is 2.79. The molecule has 82 valence electrons. The van der Waals surface area contributed by atoms with Crippen LogP contribution in [0.1, 0.15) is 0 Å². The Morgan fingerprint density at radius 2 is 1.73 bits per heavy atom. The number of halogens is 4. The highest BCUT2D eigenvalue weighted by atomic mass is 35.5. The van der Waals surface area contributed by atoms with Gasteiger partial charge in [-0.25, -0.2) is 0 Å². The third-order valence-electron chi connectivity index (χ3n) is 1.42. The highest BCUT2D eigenvalue weighted by Gasteiger charge is 2.06. The lowest BCUT2D eigenvalue weighted by Crippen LogP contribution is -1.85. The number of phenolic OH excluding ortho intramolecular Hbond substituents is 1. The molecular formula is C9H6Cl4O2. The normalized spacial score (nSPS) is 11.3. The van der Waals surface area contributed by atoms with E-state index in [4.69, 9.17) is 51.1 Å². The van der Waals surface area contributed by atoms with Crippen molar-refractivity contribution >= 4 is 46.4 Å². The summed E-state index contributed by atoms with van der Waals surface area (Å²) in [6, 6.07) is 2.84. The first-order valence-corrected chi connectivity index (χ1v) is 5.43. The average Bonchev–Trinajstić information content (AvgIpc) is 2.13. The average molecular weight is 288 g/mol. The lowest BCUT2D eigenvalue weighted by Gasteiger charge is -2.04. The molecule has 1 aromatic rings. The molecule has 0 aliphatic rings. The van der Waals surface area contributed by atoms with Crippen molar-refractivity contribution in [1.82, 2.24) is 0 Å². The van der Waals surface area contributed by atoms with Gasteiger partial charge in [0.1, 0.15) is 10.6 Å². The first-order chi connectivity index (χ1) is 7.00. The summed E-state index contributed by atoms with van der Waals surface area (Å²) in [7, 11) is 0. The van der Waals surface area contributed by atoms with Gasteiger partial charge in [-0.2, -0.15) is 0 Å². The highest BCUT2D eigenvalue weighted by molar-refractivity contribution is 6.45. The van der Waals surface area contributed by atoms with Crippen LogP contribution in [0.3, 0.4) is 0 Å². The molecule has 1 rings (SSSR count). The van der Waals surface area contributed by atoms with E-state index in [1.54, 1.807) is 0 Å². The second kappa shape index (κ2) is 5.71.